The number of carbonyl (C=O) groups excluding carboxylic acids is 4. The normalized spacial score (nSPS) is 26.9. The Morgan fingerprint density at radius 1 is 1.41 bits per heavy atom. The van der Waals surface area contributed by atoms with E-state index >= 15 is 0 Å². The molecule has 2 bridgehead atoms. The van der Waals surface area contributed by atoms with Crippen LogP contribution in [0, 0.1) is 0 Å². The van der Waals surface area contributed by atoms with E-state index in [9.17, 15) is 23.6 Å². The van der Waals surface area contributed by atoms with Gasteiger partial charge in [-0.1, -0.05) is 6.08 Å². The molecule has 11 heteroatoms. The van der Waals surface area contributed by atoms with Crippen molar-refractivity contribution in [3.05, 3.63) is 11.6 Å². The second-order valence-corrected chi connectivity index (χ2v) is 7.20. The largest absolute Gasteiger partial charge is 0.462 e. The molecule has 2 fully saturated rings. The summed E-state index contributed by atoms with van der Waals surface area (Å²) in [6.45, 7) is 3.71. The van der Waals surface area contributed by atoms with Crippen LogP contribution >= 0.6 is 0 Å². The first-order valence-electron chi connectivity index (χ1n) is 9.64. The molecule has 4 atom stereocenters. The number of alkyl halides is 1. The van der Waals surface area contributed by atoms with Crippen LogP contribution in [0.1, 0.15) is 33.1 Å². The molecule has 0 aliphatic carbocycles. The maximum atomic E-state index is 13.9. The lowest BCUT2D eigenvalue weighted by molar-refractivity contribution is -0.223. The Hall–Kier alpha value is -2.69. The van der Waals surface area contributed by atoms with E-state index in [2.05, 4.69) is 15.4 Å². The number of nitrogens with zero attached hydrogens (tertiary/aromatic N) is 2. The molecule has 0 aromatic carbocycles. The topological polar surface area (TPSA) is 117 Å². The molecule has 3 heterocycles. The molecule has 0 saturated carbocycles. The summed E-state index contributed by atoms with van der Waals surface area (Å²) in [5.41, 5.74) is 0.624. The fourth-order valence-corrected chi connectivity index (χ4v) is 3.78. The van der Waals surface area contributed by atoms with Gasteiger partial charge in [-0.25, -0.2) is 18.8 Å². The van der Waals surface area contributed by atoms with Gasteiger partial charge in [-0.05, 0) is 32.3 Å². The lowest BCUT2D eigenvalue weighted by atomic mass is 10.00. The first-order valence-corrected chi connectivity index (χ1v) is 9.64. The Morgan fingerprint density at radius 3 is 2.83 bits per heavy atom. The first kappa shape index (κ1) is 21.0. The Labute approximate surface area is 167 Å². The maximum absolute atomic E-state index is 13.9. The van der Waals surface area contributed by atoms with Crippen LogP contribution in [0.25, 0.3) is 0 Å². The molecule has 3 rings (SSSR count). The minimum absolute atomic E-state index is 0.00941. The summed E-state index contributed by atoms with van der Waals surface area (Å²) < 4.78 is 18.5. The predicted molar refractivity (Wildman–Crippen MR) is 96.7 cm³/mol. The fraction of sp³-hybridized carbons (Fsp3) is 0.667. The molecule has 2 saturated heterocycles. The van der Waals surface area contributed by atoms with Crippen molar-refractivity contribution in [2.45, 2.75) is 57.6 Å². The number of hydrogen-bond acceptors (Lipinski definition) is 6. The summed E-state index contributed by atoms with van der Waals surface area (Å²) in [6, 6.07) is -2.10. The SMILES string of the molecule is CCOC(=O)[C@H](F)ON1C(=O)N2C[C@H]1C=C(C)[C@H]2C(=O)NCCC1CCC(=O)N1. The van der Waals surface area contributed by atoms with Crippen molar-refractivity contribution in [3.63, 3.8) is 0 Å². The van der Waals surface area contributed by atoms with Crippen LogP contribution in [0.3, 0.4) is 0 Å². The lowest BCUT2D eigenvalue weighted by Gasteiger charge is -2.29. The molecule has 3 aliphatic heterocycles. The third-order valence-corrected chi connectivity index (χ3v) is 5.12. The van der Waals surface area contributed by atoms with E-state index in [1.165, 1.54) is 11.8 Å². The predicted octanol–water partition coefficient (Wildman–Crippen LogP) is -0.00370. The lowest BCUT2D eigenvalue weighted by Crippen LogP contribution is -2.50. The van der Waals surface area contributed by atoms with Gasteiger partial charge in [0.15, 0.2) is 0 Å². The van der Waals surface area contributed by atoms with E-state index in [-0.39, 0.29) is 31.0 Å². The molecule has 29 heavy (non-hydrogen) atoms. The van der Waals surface area contributed by atoms with Gasteiger partial charge in [0.05, 0.1) is 19.2 Å². The van der Waals surface area contributed by atoms with Crippen molar-refractivity contribution in [2.24, 2.45) is 0 Å². The van der Waals surface area contributed by atoms with Crippen LogP contribution in [-0.4, -0.2) is 78.0 Å². The molecule has 4 amide bonds. The third-order valence-electron chi connectivity index (χ3n) is 5.12. The Bertz CT molecular complexity index is 729. The van der Waals surface area contributed by atoms with Gasteiger partial charge in [0.25, 0.3) is 0 Å². The van der Waals surface area contributed by atoms with Crippen LogP contribution in [0.2, 0.25) is 0 Å². The highest BCUT2D eigenvalue weighted by Gasteiger charge is 2.48. The molecule has 10 nitrogen and oxygen atoms in total. The van der Waals surface area contributed by atoms with Crippen molar-refractivity contribution in [3.8, 4) is 0 Å². The van der Waals surface area contributed by atoms with E-state index < -0.39 is 30.4 Å². The summed E-state index contributed by atoms with van der Waals surface area (Å²) in [4.78, 5) is 54.1. The Kier molecular flexibility index (Phi) is 6.36. The van der Waals surface area contributed by atoms with Gasteiger partial charge in [0, 0.05) is 19.0 Å². The number of fused-ring (bicyclic) bond motifs is 2. The number of carbonyl (C=O) groups is 4. The number of esters is 1. The van der Waals surface area contributed by atoms with Gasteiger partial charge in [-0.2, -0.15) is 5.06 Å². The summed E-state index contributed by atoms with van der Waals surface area (Å²) in [5, 5.41) is 6.39. The zero-order valence-corrected chi connectivity index (χ0v) is 16.4. The van der Waals surface area contributed by atoms with Gasteiger partial charge in [-0.15, -0.1) is 0 Å². The second-order valence-electron chi connectivity index (χ2n) is 7.20. The smallest absolute Gasteiger partial charge is 0.370 e. The van der Waals surface area contributed by atoms with Crippen LogP contribution in [0.5, 0.6) is 0 Å². The van der Waals surface area contributed by atoms with E-state index in [1.54, 1.807) is 13.0 Å². The quantitative estimate of drug-likeness (QED) is 0.428. The van der Waals surface area contributed by atoms with Crippen LogP contribution < -0.4 is 10.6 Å². The number of hydroxylamine groups is 2. The standard InChI is InChI=1S/C18H25FN4O6/c1-3-28-17(26)15(19)29-23-12-8-10(2)14(22(9-12)18(23)27)16(25)20-7-6-11-4-5-13(24)21-11/h8,11-12,14-15H,3-7,9H2,1-2H3,(H,20,25)(H,21,24)/t11?,12-,14+,15-/m1/s1. The minimum atomic E-state index is -2.43. The Balaban J connectivity index is 1.57. The monoisotopic (exact) mass is 412 g/mol. The fourth-order valence-electron chi connectivity index (χ4n) is 3.78. The summed E-state index contributed by atoms with van der Waals surface area (Å²) in [6.07, 6.45) is 1.05. The number of ether oxygens (including phenoxy) is 1. The first-order chi connectivity index (χ1) is 13.8. The Morgan fingerprint density at radius 2 is 2.17 bits per heavy atom. The van der Waals surface area contributed by atoms with Crippen molar-refractivity contribution < 1.29 is 33.1 Å². The highest BCUT2D eigenvalue weighted by atomic mass is 19.1. The average Bonchev–Trinajstić information content (AvgIpc) is 3.18. The molecule has 0 spiro atoms. The number of halogens is 1. The van der Waals surface area contributed by atoms with Crippen LogP contribution in [-0.2, 0) is 24.0 Å². The van der Waals surface area contributed by atoms with Gasteiger partial charge in [0.2, 0.25) is 11.8 Å². The molecule has 0 aromatic heterocycles. The van der Waals surface area contributed by atoms with Crippen molar-refractivity contribution in [1.82, 2.24) is 20.6 Å². The van der Waals surface area contributed by atoms with E-state index in [0.717, 1.165) is 11.5 Å². The van der Waals surface area contributed by atoms with Gasteiger partial charge >= 0.3 is 18.4 Å². The van der Waals surface area contributed by atoms with E-state index in [0.29, 0.717) is 25.0 Å². The van der Waals surface area contributed by atoms with Crippen molar-refractivity contribution in [2.75, 3.05) is 19.7 Å². The van der Waals surface area contributed by atoms with E-state index in [4.69, 9.17) is 4.84 Å². The molecule has 0 aromatic rings. The zero-order valence-electron chi connectivity index (χ0n) is 16.4. The second kappa shape index (κ2) is 8.76. The summed E-state index contributed by atoms with van der Waals surface area (Å²) in [7, 11) is 0. The third kappa shape index (κ3) is 4.50. The van der Waals surface area contributed by atoms with Gasteiger partial charge < -0.3 is 20.3 Å². The summed E-state index contributed by atoms with van der Waals surface area (Å²) in [5.74, 6) is -1.57. The zero-order chi connectivity index (χ0) is 21.1. The molecule has 2 N–H and O–H groups in total. The molecular weight excluding hydrogens is 387 g/mol. The summed E-state index contributed by atoms with van der Waals surface area (Å²) >= 11 is 0. The minimum Gasteiger partial charge on any atom is -0.462 e. The van der Waals surface area contributed by atoms with Gasteiger partial charge in [-0.3, -0.25) is 9.59 Å². The maximum Gasteiger partial charge on any atom is 0.370 e. The van der Waals surface area contributed by atoms with Crippen molar-refractivity contribution >= 4 is 23.8 Å². The number of urea groups is 1. The van der Waals surface area contributed by atoms with E-state index in [1.807, 2.05) is 0 Å². The van der Waals surface area contributed by atoms with Crippen LogP contribution in [0.4, 0.5) is 9.18 Å². The molecular formula is C18H25FN4O6. The number of amides is 4. The average molecular weight is 412 g/mol. The van der Waals surface area contributed by atoms with Crippen molar-refractivity contribution in [1.29, 1.82) is 0 Å². The number of hydrogen-bond donors (Lipinski definition) is 2. The highest BCUT2D eigenvalue weighted by Crippen LogP contribution is 2.30. The number of rotatable bonds is 8. The number of nitrogens with one attached hydrogen (secondary N) is 2. The highest BCUT2D eigenvalue weighted by molar-refractivity contribution is 5.91. The molecule has 1 unspecified atom stereocenters. The molecule has 0 radical (unpaired) electrons. The molecule has 160 valence electrons. The molecule has 3 aliphatic rings. The van der Waals surface area contributed by atoms with Crippen LogP contribution in [0.15, 0.2) is 11.6 Å². The van der Waals surface area contributed by atoms with Gasteiger partial charge in [0.1, 0.15) is 6.04 Å².